The van der Waals surface area contributed by atoms with Gasteiger partial charge < -0.3 is 15.2 Å². The van der Waals surface area contributed by atoms with E-state index in [0.717, 1.165) is 69.1 Å². The molecule has 0 unspecified atom stereocenters. The van der Waals surface area contributed by atoms with Crippen molar-refractivity contribution in [2.75, 3.05) is 11.9 Å². The quantitative estimate of drug-likeness (QED) is 0.162. The second-order valence-electron chi connectivity index (χ2n) is 8.53. The van der Waals surface area contributed by atoms with Crippen LogP contribution in [0.15, 0.2) is 0 Å². The number of esters is 1. The van der Waals surface area contributed by atoms with E-state index in [9.17, 15) is 19.5 Å². The number of carboxylic acid groups (broad SMARTS) is 1. The minimum atomic E-state index is -1.18. The van der Waals surface area contributed by atoms with Gasteiger partial charge in [-0.1, -0.05) is 78.6 Å². The lowest BCUT2D eigenvalue weighted by atomic mass is 10.1. The van der Waals surface area contributed by atoms with Gasteiger partial charge in [0, 0.05) is 6.54 Å². The highest BCUT2D eigenvalue weighted by Gasteiger charge is 2.27. The summed E-state index contributed by atoms with van der Waals surface area (Å²) in [6.45, 7) is 8.47. The monoisotopic (exact) mass is 482 g/mol. The molecule has 0 spiro atoms. The number of aromatic carboxylic acids is 1. The molecule has 0 atom stereocenters. The second-order valence-corrected chi connectivity index (χ2v) is 9.55. The molecule has 33 heavy (non-hydrogen) atoms. The first kappa shape index (κ1) is 28.9. The van der Waals surface area contributed by atoms with Gasteiger partial charge in [0.1, 0.15) is 16.0 Å². The molecule has 3 N–H and O–H groups in total. The maximum absolute atomic E-state index is 12.9. The zero-order chi connectivity index (χ0) is 24.6. The summed E-state index contributed by atoms with van der Waals surface area (Å²) in [5.41, 5.74) is 0.272. The number of carbonyl (C=O) groups is 3. The predicted octanol–water partition coefficient (Wildman–Crippen LogP) is 7.14. The molecule has 0 fully saturated rings. The lowest BCUT2D eigenvalue weighted by Crippen LogP contribution is -2.29. The Labute approximate surface area is 202 Å². The molecule has 1 rings (SSSR count). The van der Waals surface area contributed by atoms with Crippen LogP contribution in [0, 0.1) is 6.92 Å². The highest BCUT2D eigenvalue weighted by Crippen LogP contribution is 2.34. The van der Waals surface area contributed by atoms with Crippen molar-refractivity contribution in [1.82, 2.24) is 5.32 Å². The molecule has 1 aromatic heterocycles. The first-order valence-electron chi connectivity index (χ1n) is 12.5. The first-order valence-corrected chi connectivity index (χ1v) is 13.3. The average molecular weight is 483 g/mol. The van der Waals surface area contributed by atoms with Crippen LogP contribution in [-0.2, 0) is 4.74 Å². The Morgan fingerprint density at radius 2 is 1.48 bits per heavy atom. The summed E-state index contributed by atoms with van der Waals surface area (Å²) in [6.07, 6.45) is 12.1. The molecule has 188 valence electrons. The zero-order valence-electron chi connectivity index (χ0n) is 20.8. The number of hydrogen-bond donors (Lipinski definition) is 3. The fourth-order valence-electron chi connectivity index (χ4n) is 3.64. The number of urea groups is 1. The first-order chi connectivity index (χ1) is 15.8. The Balaban J connectivity index is 2.77. The molecule has 0 aliphatic carbocycles. The van der Waals surface area contributed by atoms with Gasteiger partial charge in [0.25, 0.3) is 0 Å². The topological polar surface area (TPSA) is 105 Å². The Morgan fingerprint density at radius 1 is 0.909 bits per heavy atom. The smallest absolute Gasteiger partial charge is 0.348 e. The van der Waals surface area contributed by atoms with E-state index in [2.05, 4.69) is 31.4 Å². The minimum Gasteiger partial charge on any atom is -0.478 e. The second kappa shape index (κ2) is 16.5. The molecule has 0 aromatic carbocycles. The van der Waals surface area contributed by atoms with Crippen LogP contribution in [0.3, 0.4) is 0 Å². The van der Waals surface area contributed by atoms with Gasteiger partial charge in [-0.2, -0.15) is 0 Å². The molecule has 0 aliphatic heterocycles. The number of nitrogens with one attached hydrogen (secondary N) is 2. The van der Waals surface area contributed by atoms with E-state index >= 15 is 0 Å². The number of carbonyl (C=O) groups excluding carboxylic acids is 2. The Bertz CT molecular complexity index is 739. The van der Waals surface area contributed by atoms with Crippen LogP contribution < -0.4 is 10.6 Å². The third-order valence-electron chi connectivity index (χ3n) is 5.62. The Morgan fingerprint density at radius 3 is 2.06 bits per heavy atom. The summed E-state index contributed by atoms with van der Waals surface area (Å²) in [5, 5.41) is 15.2. The minimum absolute atomic E-state index is 0.0552. The van der Waals surface area contributed by atoms with Crippen molar-refractivity contribution in [2.45, 2.75) is 111 Å². The third kappa shape index (κ3) is 10.6. The summed E-state index contributed by atoms with van der Waals surface area (Å²) >= 11 is 0.966. The molecular formula is C25H42N2O5S. The lowest BCUT2D eigenvalue weighted by Gasteiger charge is -2.17. The van der Waals surface area contributed by atoms with Crippen LogP contribution in [-0.4, -0.2) is 35.7 Å². The van der Waals surface area contributed by atoms with Crippen molar-refractivity contribution < 1.29 is 24.2 Å². The molecule has 1 aromatic rings. The third-order valence-corrected chi connectivity index (χ3v) is 6.81. The highest BCUT2D eigenvalue weighted by atomic mass is 32.1. The van der Waals surface area contributed by atoms with Crippen LogP contribution in [0.4, 0.5) is 9.80 Å². The van der Waals surface area contributed by atoms with Crippen molar-refractivity contribution >= 4 is 34.3 Å². The predicted molar refractivity (Wildman–Crippen MR) is 135 cm³/mol. The summed E-state index contributed by atoms with van der Waals surface area (Å²) in [4.78, 5) is 37.2. The fourth-order valence-corrected chi connectivity index (χ4v) is 4.72. The number of hydrogen-bond acceptors (Lipinski definition) is 5. The molecule has 0 bridgehead atoms. The van der Waals surface area contributed by atoms with Gasteiger partial charge in [0.15, 0.2) is 0 Å². The summed E-state index contributed by atoms with van der Waals surface area (Å²) in [5.74, 6) is -1.69. The Kier molecular flexibility index (Phi) is 14.5. The summed E-state index contributed by atoms with van der Waals surface area (Å²) < 4.78 is 5.74. The number of ether oxygens (including phenoxy) is 1. The summed E-state index contributed by atoms with van der Waals surface area (Å²) in [6, 6.07) is -0.462. The van der Waals surface area contributed by atoms with Crippen LogP contribution >= 0.6 is 11.3 Å². The molecule has 0 aliphatic rings. The van der Waals surface area contributed by atoms with Gasteiger partial charge in [0.2, 0.25) is 0 Å². The van der Waals surface area contributed by atoms with Gasteiger partial charge in [0.05, 0.1) is 5.56 Å². The van der Waals surface area contributed by atoms with Crippen LogP contribution in [0.5, 0.6) is 0 Å². The van der Waals surface area contributed by atoms with Crippen LogP contribution in [0.25, 0.3) is 0 Å². The number of unbranched alkanes of at least 4 members (excludes halogenated alkanes) is 7. The fraction of sp³-hybridized carbons (Fsp3) is 0.720. The van der Waals surface area contributed by atoms with Crippen molar-refractivity contribution in [1.29, 1.82) is 0 Å². The SMILES string of the molecule is CCCCCCCCNC(=O)Nc1sc(C(=O)OC(CCCC)CCCC)c(C)c1C(=O)O. The molecule has 2 amide bonds. The number of amides is 2. The van der Waals surface area contributed by atoms with Crippen molar-refractivity contribution in [3.63, 3.8) is 0 Å². The van der Waals surface area contributed by atoms with Gasteiger partial charge in [-0.05, 0) is 31.7 Å². The molecule has 8 heteroatoms. The van der Waals surface area contributed by atoms with Crippen LogP contribution in [0.2, 0.25) is 0 Å². The molecule has 0 radical (unpaired) electrons. The highest BCUT2D eigenvalue weighted by molar-refractivity contribution is 7.18. The zero-order valence-corrected chi connectivity index (χ0v) is 21.6. The Hall–Kier alpha value is -2.09. The van der Waals surface area contributed by atoms with E-state index in [1.807, 2.05) is 0 Å². The number of anilines is 1. The van der Waals surface area contributed by atoms with Crippen molar-refractivity contribution in [2.24, 2.45) is 0 Å². The number of rotatable bonds is 17. The van der Waals surface area contributed by atoms with Gasteiger partial charge in [-0.25, -0.2) is 14.4 Å². The molecule has 7 nitrogen and oxygen atoms in total. The lowest BCUT2D eigenvalue weighted by molar-refractivity contribution is 0.0256. The van der Waals surface area contributed by atoms with E-state index in [0.29, 0.717) is 12.1 Å². The van der Waals surface area contributed by atoms with E-state index in [4.69, 9.17) is 4.74 Å². The van der Waals surface area contributed by atoms with Crippen LogP contribution in [0.1, 0.15) is 123 Å². The van der Waals surface area contributed by atoms with E-state index in [1.165, 1.54) is 19.3 Å². The largest absolute Gasteiger partial charge is 0.478 e. The number of thiophene rings is 1. The summed E-state index contributed by atoms with van der Waals surface area (Å²) in [7, 11) is 0. The molecule has 1 heterocycles. The van der Waals surface area contributed by atoms with E-state index in [1.54, 1.807) is 6.92 Å². The number of carboxylic acids is 1. The van der Waals surface area contributed by atoms with Crippen molar-refractivity contribution in [3.8, 4) is 0 Å². The average Bonchev–Trinajstić information content (AvgIpc) is 3.10. The van der Waals surface area contributed by atoms with E-state index in [-0.39, 0.29) is 21.5 Å². The van der Waals surface area contributed by atoms with Gasteiger partial charge in [-0.15, -0.1) is 11.3 Å². The molecule has 0 saturated carbocycles. The normalized spacial score (nSPS) is 10.9. The maximum Gasteiger partial charge on any atom is 0.348 e. The molecule has 0 saturated heterocycles. The van der Waals surface area contributed by atoms with Gasteiger partial charge in [-0.3, -0.25) is 5.32 Å². The standard InChI is InChI=1S/C25H42N2O5S/c1-5-8-11-12-13-14-17-26-25(31)27-22-20(23(28)29)18(4)21(33-22)24(30)32-19(15-9-6-2)16-10-7-3/h19H,5-17H2,1-4H3,(H,28,29)(H2,26,27,31). The van der Waals surface area contributed by atoms with Gasteiger partial charge >= 0.3 is 18.0 Å². The molecular weight excluding hydrogens is 440 g/mol. The van der Waals surface area contributed by atoms with Crippen molar-refractivity contribution in [3.05, 3.63) is 16.0 Å². The maximum atomic E-state index is 12.9. The van der Waals surface area contributed by atoms with E-state index < -0.39 is 18.0 Å².